The van der Waals surface area contributed by atoms with E-state index in [1.54, 1.807) is 6.20 Å². The van der Waals surface area contributed by atoms with Gasteiger partial charge < -0.3 is 29.7 Å². The zero-order valence-electron chi connectivity index (χ0n) is 28.1. The molecule has 0 bridgehead atoms. The number of carbonyl (C=O) groups is 2. The van der Waals surface area contributed by atoms with Gasteiger partial charge in [0, 0.05) is 48.7 Å². The number of amides is 3. The average Bonchev–Trinajstić information content (AvgIpc) is 3.50. The lowest BCUT2D eigenvalue weighted by Gasteiger charge is -2.24. The van der Waals surface area contributed by atoms with Crippen LogP contribution in [-0.4, -0.2) is 74.4 Å². The average molecular weight is 641 g/mol. The van der Waals surface area contributed by atoms with Crippen molar-refractivity contribution in [2.24, 2.45) is 0 Å². The van der Waals surface area contributed by atoms with Crippen LogP contribution >= 0.6 is 0 Å². The molecule has 0 aliphatic carbocycles. The van der Waals surface area contributed by atoms with Crippen molar-refractivity contribution in [2.75, 3.05) is 57.4 Å². The quantitative estimate of drug-likeness (QED) is 0.175. The van der Waals surface area contributed by atoms with Crippen LogP contribution in [0.5, 0.6) is 17.2 Å². The number of anilines is 3. The molecule has 4 aromatic rings. The van der Waals surface area contributed by atoms with E-state index >= 15 is 0 Å². The molecule has 3 amide bonds. The molecule has 0 spiro atoms. The minimum atomic E-state index is -0.647. The number of carbonyl (C=O) groups excluding carboxylic acids is 2. The van der Waals surface area contributed by atoms with Gasteiger partial charge in [-0.05, 0) is 61.8 Å². The van der Waals surface area contributed by atoms with Crippen LogP contribution in [0.4, 0.5) is 26.7 Å². The summed E-state index contributed by atoms with van der Waals surface area (Å²) < 4.78 is 16.8. The Morgan fingerprint density at radius 1 is 0.936 bits per heavy atom. The number of fused-ring (bicyclic) bond motifs is 1. The van der Waals surface area contributed by atoms with E-state index in [0.29, 0.717) is 40.4 Å². The molecule has 0 unspecified atom stereocenters. The van der Waals surface area contributed by atoms with E-state index in [2.05, 4.69) is 44.8 Å². The Labute approximate surface area is 276 Å². The fourth-order valence-corrected chi connectivity index (χ4v) is 5.71. The molecule has 1 aliphatic heterocycles. The summed E-state index contributed by atoms with van der Waals surface area (Å²) in [5.74, 6) is 1.66. The molecule has 1 saturated heterocycles. The first-order valence-electron chi connectivity index (χ1n) is 15.6. The Morgan fingerprint density at radius 3 is 2.30 bits per heavy atom. The van der Waals surface area contributed by atoms with Gasteiger partial charge in [0.1, 0.15) is 11.5 Å². The van der Waals surface area contributed by atoms with Crippen molar-refractivity contribution in [2.45, 2.75) is 45.2 Å². The molecular formula is C36H44N6O5. The Bertz CT molecular complexity index is 1750. The van der Waals surface area contributed by atoms with E-state index in [1.165, 1.54) is 14.2 Å². The van der Waals surface area contributed by atoms with Gasteiger partial charge in [-0.3, -0.25) is 15.2 Å². The molecule has 1 atom stereocenters. The zero-order chi connectivity index (χ0) is 33.7. The van der Waals surface area contributed by atoms with Crippen LogP contribution in [0.25, 0.3) is 10.8 Å². The molecule has 248 valence electrons. The Hall–Kier alpha value is -4.87. The van der Waals surface area contributed by atoms with Crippen LogP contribution in [0.15, 0.2) is 66.9 Å². The van der Waals surface area contributed by atoms with Crippen molar-refractivity contribution in [3.05, 3.63) is 78.1 Å². The van der Waals surface area contributed by atoms with Gasteiger partial charge in [0.15, 0.2) is 5.75 Å². The number of urea groups is 1. The number of rotatable bonds is 9. The van der Waals surface area contributed by atoms with E-state index in [-0.39, 0.29) is 5.41 Å². The Kier molecular flexibility index (Phi) is 10.2. The van der Waals surface area contributed by atoms with E-state index < -0.39 is 12.1 Å². The third kappa shape index (κ3) is 8.11. The summed E-state index contributed by atoms with van der Waals surface area (Å²) in [6.07, 6.45) is 2.28. The molecule has 2 heterocycles. The minimum Gasteiger partial charge on any atom is -0.492 e. The number of benzene rings is 3. The monoisotopic (exact) mass is 640 g/mol. The van der Waals surface area contributed by atoms with Crippen LogP contribution in [-0.2, 0) is 16.7 Å². The third-order valence-electron chi connectivity index (χ3n) is 8.34. The summed E-state index contributed by atoms with van der Waals surface area (Å²) in [7, 11) is 7.02. The maximum atomic E-state index is 13.4. The first kappa shape index (κ1) is 33.5. The number of likely N-dealkylation sites (tertiary alicyclic amines) is 1. The predicted octanol–water partition coefficient (Wildman–Crippen LogP) is 7.29. The molecule has 1 fully saturated rings. The van der Waals surface area contributed by atoms with Gasteiger partial charge in [-0.2, -0.15) is 0 Å². The lowest BCUT2D eigenvalue weighted by Crippen LogP contribution is -2.31. The van der Waals surface area contributed by atoms with Gasteiger partial charge in [-0.25, -0.2) is 9.59 Å². The molecule has 5 rings (SSSR count). The highest BCUT2D eigenvalue weighted by molar-refractivity contribution is 6.08. The number of hydrogen-bond acceptors (Lipinski definition) is 8. The van der Waals surface area contributed by atoms with Gasteiger partial charge in [-0.1, -0.05) is 45.0 Å². The van der Waals surface area contributed by atoms with E-state index in [4.69, 9.17) is 14.2 Å². The number of hydrogen-bond donors (Lipinski definition) is 3. The topological polar surface area (TPSA) is 117 Å². The van der Waals surface area contributed by atoms with Crippen molar-refractivity contribution in [1.82, 2.24) is 14.8 Å². The minimum absolute atomic E-state index is 0.281. The largest absolute Gasteiger partial charge is 0.492 e. The molecule has 47 heavy (non-hydrogen) atoms. The highest BCUT2D eigenvalue weighted by Crippen LogP contribution is 2.39. The molecular weight excluding hydrogens is 596 g/mol. The van der Waals surface area contributed by atoms with Crippen LogP contribution < -0.4 is 25.4 Å². The number of nitrogens with zero attached hydrogens (tertiary/aromatic N) is 3. The second kappa shape index (κ2) is 14.3. The van der Waals surface area contributed by atoms with Gasteiger partial charge in [0.2, 0.25) is 0 Å². The molecule has 11 heteroatoms. The Morgan fingerprint density at radius 2 is 1.64 bits per heavy atom. The lowest BCUT2D eigenvalue weighted by atomic mass is 9.86. The maximum Gasteiger partial charge on any atom is 0.411 e. The molecule has 1 aliphatic rings. The highest BCUT2D eigenvalue weighted by atomic mass is 16.5. The highest BCUT2D eigenvalue weighted by Gasteiger charge is 2.25. The van der Waals surface area contributed by atoms with Crippen molar-refractivity contribution < 1.29 is 23.8 Å². The number of aromatic nitrogens is 1. The van der Waals surface area contributed by atoms with Crippen molar-refractivity contribution >= 4 is 40.0 Å². The van der Waals surface area contributed by atoms with Crippen molar-refractivity contribution in [1.29, 1.82) is 0 Å². The summed E-state index contributed by atoms with van der Waals surface area (Å²) in [4.78, 5) is 34.8. The summed E-state index contributed by atoms with van der Waals surface area (Å²) in [6.45, 7) is 8.95. The predicted molar refractivity (Wildman–Crippen MR) is 186 cm³/mol. The molecule has 0 saturated carbocycles. The molecule has 1 aromatic heterocycles. The van der Waals surface area contributed by atoms with Crippen LogP contribution in [0, 0.1) is 0 Å². The molecule has 0 radical (unpaired) electrons. The van der Waals surface area contributed by atoms with Crippen LogP contribution in [0.3, 0.4) is 0 Å². The number of pyridine rings is 1. The number of ether oxygens (including phenoxy) is 3. The number of likely N-dealkylation sites (N-methyl/N-ethyl adjacent to an activating group) is 1. The van der Waals surface area contributed by atoms with Gasteiger partial charge in [0.05, 0.1) is 37.0 Å². The summed E-state index contributed by atoms with van der Waals surface area (Å²) >= 11 is 0. The fraction of sp³-hybridized carbons (Fsp3) is 0.361. The van der Waals surface area contributed by atoms with Crippen LogP contribution in [0.2, 0.25) is 0 Å². The normalized spacial score (nSPS) is 15.0. The smallest absolute Gasteiger partial charge is 0.411 e. The summed E-state index contributed by atoms with van der Waals surface area (Å²) in [6, 6.07) is 19.0. The van der Waals surface area contributed by atoms with Gasteiger partial charge in [-0.15, -0.1) is 0 Å². The van der Waals surface area contributed by atoms with Crippen LogP contribution in [0.1, 0.15) is 38.4 Å². The molecule has 11 nitrogen and oxygen atoms in total. The maximum absolute atomic E-state index is 13.4. The number of methoxy groups -OCH3 is 2. The Balaban J connectivity index is 1.35. The first-order valence-corrected chi connectivity index (χ1v) is 15.6. The second-order valence-corrected chi connectivity index (χ2v) is 12.9. The van der Waals surface area contributed by atoms with Gasteiger partial charge >= 0.3 is 12.1 Å². The van der Waals surface area contributed by atoms with Gasteiger partial charge in [0.25, 0.3) is 0 Å². The fourth-order valence-electron chi connectivity index (χ4n) is 5.71. The SMILES string of the molecule is COC(=O)Nc1cc(C(C)(C)C)cc(NC(=O)Nc2ccc(Oc3ccnc(CN4CC[C@@H](N(C)C)C4)c3)c3ccccc23)c1OC. The first-order chi connectivity index (χ1) is 22.4. The number of nitrogens with one attached hydrogen (secondary N) is 3. The zero-order valence-corrected chi connectivity index (χ0v) is 28.1. The lowest BCUT2D eigenvalue weighted by molar-refractivity contribution is 0.187. The summed E-state index contributed by atoms with van der Waals surface area (Å²) in [5, 5.41) is 10.2. The van der Waals surface area contributed by atoms with E-state index in [1.807, 2.05) is 81.4 Å². The van der Waals surface area contributed by atoms with E-state index in [9.17, 15) is 9.59 Å². The van der Waals surface area contributed by atoms with Crippen molar-refractivity contribution in [3.8, 4) is 17.2 Å². The molecule has 3 aromatic carbocycles. The summed E-state index contributed by atoms with van der Waals surface area (Å²) in [5.41, 5.74) is 2.93. The van der Waals surface area contributed by atoms with Crippen molar-refractivity contribution in [3.63, 3.8) is 0 Å². The second-order valence-electron chi connectivity index (χ2n) is 12.9. The standard InChI is InChI=1S/C36H44N6O5/c1-36(2,3)23-18-30(33(45-6)31(19-23)40-35(44)46-7)39-34(43)38-29-12-13-32(28-11-9-8-10-27(28)29)47-26-14-16-37-24(20-26)21-42-17-15-25(22-42)41(4)5/h8-14,16,18-20,25H,15,17,21-22H2,1-7H3,(H,40,44)(H2,38,39,43)/t25-/m1/s1. The van der Waals surface area contributed by atoms with E-state index in [0.717, 1.165) is 48.1 Å². The third-order valence-corrected chi connectivity index (χ3v) is 8.34. The molecule has 3 N–H and O–H groups in total.